The molecule has 0 bridgehead atoms. The fourth-order valence-corrected chi connectivity index (χ4v) is 18.1. The standard InChI is InChI=1S/C78H130N6O56/c1-18(94)79-35-48(107)60(28(11-89)122-68(35)119)133-71-38(82-21(4)97)51(110)64(32(15-93)128-71)137-76-59(118)65(138-78-67(55(114)44(103)27(10-88)126-78)140-73-39(83-22(5)98)50(109)61(30(13-91)129-73)134-70-36(80-19(2)95)47(106)41(100)24(7-85)123-70)46(105)34(131-76)17-121-77-66(139-72-40(84-23(6)99)52(111)63(31(14-92)130-72)136-75-58(117)54(113)43(102)26(9-87)125-75)56(115)45(104)33(132-77)16-120-69-37(81-20(3)96)49(108)62(29(12-90)127-69)135-74-57(116)53(112)42(101)25(8-86)124-74/h24-78,85-93,100-119H,7-17H2,1-6H3,(H,79,94)(H,80,95)(H,81,96)(H,82,97)(H,83,98)(H,84,99)/t24-,25-,26-,27-,28-,29-,30-,31-,32-,33-,34-,35-,36-,37-,38-,39-,40-,41+,42+,43+,44-,45-,46-,47-,48-,49-,50-,51-,52-,53+,54+,55+,56+,57-,58-,59+,60-,61-,62-,63-,64-,65+,66+,67+,68?,69-,70+,71+,72+,73+,74+,75+,76+,77+,78-/m1/s1. The lowest BCUT2D eigenvalue weighted by Crippen LogP contribution is -2.71. The molecule has 0 aromatic rings. The van der Waals surface area contributed by atoms with Crippen molar-refractivity contribution in [1.82, 2.24) is 31.9 Å². The van der Waals surface area contributed by atoms with Crippen LogP contribution < -0.4 is 31.9 Å². The van der Waals surface area contributed by atoms with Gasteiger partial charge in [0.05, 0.1) is 72.7 Å². The molecule has 0 aliphatic carbocycles. The summed E-state index contributed by atoms with van der Waals surface area (Å²) in [5.41, 5.74) is 0. The highest BCUT2D eigenvalue weighted by atomic mass is 16.8. The van der Waals surface area contributed by atoms with Gasteiger partial charge in [0.15, 0.2) is 69.2 Å². The molecule has 0 spiro atoms. The Hall–Kier alpha value is -5.18. The van der Waals surface area contributed by atoms with E-state index in [1.54, 1.807) is 0 Å². The second kappa shape index (κ2) is 50.7. The fourth-order valence-electron chi connectivity index (χ4n) is 18.1. The number of amides is 6. The van der Waals surface area contributed by atoms with Crippen molar-refractivity contribution in [3.63, 3.8) is 0 Å². The average molecular weight is 2050 g/mol. The first-order chi connectivity index (χ1) is 66.2. The van der Waals surface area contributed by atoms with Gasteiger partial charge < -0.3 is 279 Å². The highest BCUT2D eigenvalue weighted by molar-refractivity contribution is 5.75. The molecular formula is C78H130N6O56. The van der Waals surface area contributed by atoms with E-state index in [2.05, 4.69) is 31.9 Å². The van der Waals surface area contributed by atoms with Gasteiger partial charge >= 0.3 is 0 Å². The van der Waals surface area contributed by atoms with E-state index in [0.717, 1.165) is 41.5 Å². The van der Waals surface area contributed by atoms with Crippen molar-refractivity contribution >= 4 is 35.4 Å². The largest absolute Gasteiger partial charge is 0.394 e. The predicted molar refractivity (Wildman–Crippen MR) is 432 cm³/mol. The predicted octanol–water partition coefficient (Wildman–Crippen LogP) is -24.1. The van der Waals surface area contributed by atoms with Gasteiger partial charge in [0.1, 0.15) is 268 Å². The third-order valence-corrected chi connectivity index (χ3v) is 25.4. The number of aliphatic hydroxyl groups excluding tert-OH is 29. The zero-order chi connectivity index (χ0) is 103. The number of ether oxygens (including phenoxy) is 21. The van der Waals surface area contributed by atoms with E-state index in [4.69, 9.17) is 99.5 Å². The number of carbonyl (C=O) groups is 6. The molecule has 62 nitrogen and oxygen atoms in total. The Balaban J connectivity index is 0.969. The van der Waals surface area contributed by atoms with Crippen LogP contribution in [0.25, 0.3) is 0 Å². The van der Waals surface area contributed by atoms with Crippen molar-refractivity contribution < 1.29 is 276 Å². The lowest BCUT2D eigenvalue weighted by molar-refractivity contribution is -0.398. The molecule has 62 heteroatoms. The first kappa shape index (κ1) is 115. The molecule has 11 heterocycles. The maximum atomic E-state index is 13.3. The summed E-state index contributed by atoms with van der Waals surface area (Å²) in [6.07, 6.45) is -105. The highest BCUT2D eigenvalue weighted by Gasteiger charge is 2.63. The maximum Gasteiger partial charge on any atom is 0.217 e. The SMILES string of the molecule is CC(=O)N[C@H]1[C@H](O[C@H]2[C@H](O)[C@@H](NC(C)=O)C(O)O[C@@H]2CO)O[C@H](CO)[C@@H](O[C@@H]2O[C@H](CO[C@H]3O[C@H](CO[C@@H]4O[C@H](CO)[C@@H](O[C@@H]5O[C@H](CO)[C@H](O)[C@H](O)[C@H]5O)[C@H](O)[C@H]4NC(C)=O)[C@@H](O)[C@H](O)[C@@H]3O[C@@H]3O[C@H](CO)[C@@H](O[C@@H]4O[C@H](CO)[C@H](O)[C@H](O)[C@H]4O)[C@H](O)[C@H]3NC(C)=O)[C@@H](O)[C@H](O[C@H]3O[C@H](CO)[C@@H](O)[C@H](O)[C@@H]3O[C@@H]3O[C@H](CO)[C@@H](O[C@@H]4O[C@H](CO)[C@H](O)[C@H](O)[C@H]4NC(C)=O)[C@H](O)[C@H]3NC(C)=O)[C@@H]2O)[C@@H]1O. The van der Waals surface area contributed by atoms with E-state index in [1.165, 1.54) is 0 Å². The first-order valence-corrected chi connectivity index (χ1v) is 44.6. The summed E-state index contributed by atoms with van der Waals surface area (Å²) < 4.78 is 126. The number of hydrogen-bond acceptors (Lipinski definition) is 56. The van der Waals surface area contributed by atoms with Crippen LogP contribution in [-0.4, -0.2) is 594 Å². The fraction of sp³-hybridized carbons (Fsp3) is 0.923. The zero-order valence-electron chi connectivity index (χ0n) is 75.5. The number of hydrogen-bond donors (Lipinski definition) is 35. The lowest BCUT2D eigenvalue weighted by atomic mass is 9.93. The molecule has 35 N–H and O–H groups in total. The van der Waals surface area contributed by atoms with Gasteiger partial charge in [-0.3, -0.25) is 28.8 Å². The van der Waals surface area contributed by atoms with E-state index in [1.807, 2.05) is 0 Å². The van der Waals surface area contributed by atoms with E-state index >= 15 is 0 Å². The molecule has 0 aromatic heterocycles. The molecule has 11 rings (SSSR count). The van der Waals surface area contributed by atoms with Crippen LogP contribution in [0.2, 0.25) is 0 Å². The Morgan fingerprint density at radius 2 is 0.400 bits per heavy atom. The van der Waals surface area contributed by atoms with Crippen molar-refractivity contribution in [3.05, 3.63) is 0 Å². The topological polar surface area (TPSA) is 955 Å². The van der Waals surface area contributed by atoms with Gasteiger partial charge in [-0.15, -0.1) is 0 Å². The van der Waals surface area contributed by atoms with Crippen molar-refractivity contribution in [1.29, 1.82) is 0 Å². The van der Waals surface area contributed by atoms with E-state index < -0.39 is 446 Å². The minimum atomic E-state index is -2.71. The number of rotatable bonds is 37. The van der Waals surface area contributed by atoms with Crippen molar-refractivity contribution in [3.8, 4) is 0 Å². The molecule has 140 heavy (non-hydrogen) atoms. The van der Waals surface area contributed by atoms with Gasteiger partial charge in [-0.1, -0.05) is 0 Å². The molecular weight excluding hydrogens is 1920 g/mol. The number of carbonyl (C=O) groups excluding carboxylic acids is 6. The monoisotopic (exact) mass is 2050 g/mol. The lowest BCUT2D eigenvalue weighted by Gasteiger charge is -2.51. The van der Waals surface area contributed by atoms with Crippen LogP contribution in [0, 0.1) is 0 Å². The zero-order valence-corrected chi connectivity index (χ0v) is 75.5. The minimum Gasteiger partial charge on any atom is -0.394 e. The van der Waals surface area contributed by atoms with Gasteiger partial charge in [0.2, 0.25) is 35.4 Å². The quantitative estimate of drug-likeness (QED) is 0.0275. The van der Waals surface area contributed by atoms with Gasteiger partial charge in [-0.05, 0) is 0 Å². The Morgan fingerprint density at radius 1 is 0.186 bits per heavy atom. The summed E-state index contributed by atoms with van der Waals surface area (Å²) >= 11 is 0. The van der Waals surface area contributed by atoms with Crippen LogP contribution in [0.5, 0.6) is 0 Å². The second-order valence-electron chi connectivity index (χ2n) is 35.3. The van der Waals surface area contributed by atoms with E-state index in [-0.39, 0.29) is 0 Å². The molecule has 11 aliphatic heterocycles. The van der Waals surface area contributed by atoms with Crippen molar-refractivity contribution in [2.24, 2.45) is 0 Å². The van der Waals surface area contributed by atoms with Gasteiger partial charge in [-0.25, -0.2) is 0 Å². The first-order valence-electron chi connectivity index (χ1n) is 44.6. The highest BCUT2D eigenvalue weighted by Crippen LogP contribution is 2.42. The van der Waals surface area contributed by atoms with Gasteiger partial charge in [0, 0.05) is 41.5 Å². The second-order valence-corrected chi connectivity index (χ2v) is 35.3. The van der Waals surface area contributed by atoms with Gasteiger partial charge in [-0.2, -0.15) is 0 Å². The van der Waals surface area contributed by atoms with Crippen molar-refractivity contribution in [2.75, 3.05) is 72.7 Å². The third-order valence-electron chi connectivity index (χ3n) is 25.4. The normalized spacial score (nSPS) is 48.1. The molecule has 6 amide bonds. The molecule has 0 aromatic carbocycles. The molecule has 55 atom stereocenters. The molecule has 11 saturated heterocycles. The van der Waals surface area contributed by atoms with Crippen LogP contribution in [0.3, 0.4) is 0 Å². The summed E-state index contributed by atoms with van der Waals surface area (Å²) in [5, 5.41) is 342. The Morgan fingerprint density at radius 3 is 0.750 bits per heavy atom. The molecule has 0 radical (unpaired) electrons. The molecule has 11 aliphatic rings. The van der Waals surface area contributed by atoms with Crippen LogP contribution in [0.4, 0.5) is 0 Å². The van der Waals surface area contributed by atoms with Crippen LogP contribution in [0.1, 0.15) is 41.5 Å². The summed E-state index contributed by atoms with van der Waals surface area (Å²) in [6, 6.07) is -11.4. The Labute approximate surface area is 792 Å². The summed E-state index contributed by atoms with van der Waals surface area (Å²) in [5.74, 6) is -5.65. The summed E-state index contributed by atoms with van der Waals surface area (Å²) in [6.45, 7) is -7.04. The van der Waals surface area contributed by atoms with Crippen LogP contribution >= 0.6 is 0 Å². The Bertz CT molecular complexity index is 3910. The van der Waals surface area contributed by atoms with Gasteiger partial charge in [0.25, 0.3) is 0 Å². The average Bonchev–Trinajstić information content (AvgIpc) is 0.764. The third kappa shape index (κ3) is 25.8. The summed E-state index contributed by atoms with van der Waals surface area (Å²) in [4.78, 5) is 77.5. The number of aliphatic hydroxyl groups is 29. The minimum absolute atomic E-state index is 0.829. The van der Waals surface area contributed by atoms with E-state index in [9.17, 15) is 177 Å². The maximum absolute atomic E-state index is 13.3. The molecule has 11 fully saturated rings. The number of nitrogens with one attached hydrogen (secondary N) is 6. The molecule has 1 unspecified atom stereocenters. The van der Waals surface area contributed by atoms with Crippen molar-refractivity contribution in [2.45, 2.75) is 379 Å². The molecule has 0 saturated carbocycles. The van der Waals surface area contributed by atoms with Crippen LogP contribution in [0.15, 0.2) is 0 Å². The molecule has 808 valence electrons. The smallest absolute Gasteiger partial charge is 0.217 e. The van der Waals surface area contributed by atoms with E-state index in [0.29, 0.717) is 0 Å². The van der Waals surface area contributed by atoms with Crippen LogP contribution in [-0.2, 0) is 128 Å². The summed E-state index contributed by atoms with van der Waals surface area (Å²) in [7, 11) is 0. The Kier molecular flexibility index (Phi) is 41.7.